The van der Waals surface area contributed by atoms with E-state index >= 15 is 0 Å². The van der Waals surface area contributed by atoms with Crippen LogP contribution in [0.15, 0.2) is 28.8 Å². The lowest BCUT2D eigenvalue weighted by molar-refractivity contribution is -0.134. The molecule has 1 amide bonds. The van der Waals surface area contributed by atoms with Gasteiger partial charge in [-0.3, -0.25) is 4.79 Å². The maximum Gasteiger partial charge on any atom is 0.260 e. The van der Waals surface area contributed by atoms with Crippen molar-refractivity contribution in [3.8, 4) is 5.75 Å². The fraction of sp³-hybridized carbons (Fsp3) is 0.500. The predicted octanol–water partition coefficient (Wildman–Crippen LogP) is 2.53. The highest BCUT2D eigenvalue weighted by molar-refractivity contribution is 5.78. The SMILES string of the molecule is CCOCc1nc(C2CCCN(C(=O)COc3ccc(F)cc3)C2)no1. The van der Waals surface area contributed by atoms with Crippen molar-refractivity contribution in [2.75, 3.05) is 26.3 Å². The van der Waals surface area contributed by atoms with Crippen molar-refractivity contribution in [2.45, 2.75) is 32.3 Å². The molecule has 0 spiro atoms. The van der Waals surface area contributed by atoms with Crippen molar-refractivity contribution < 1.29 is 23.2 Å². The molecule has 2 heterocycles. The second-order valence-electron chi connectivity index (χ2n) is 6.10. The fourth-order valence-electron chi connectivity index (χ4n) is 2.86. The number of benzene rings is 1. The smallest absolute Gasteiger partial charge is 0.260 e. The van der Waals surface area contributed by atoms with Crippen LogP contribution in [0.1, 0.15) is 37.4 Å². The molecule has 0 radical (unpaired) electrons. The lowest BCUT2D eigenvalue weighted by Gasteiger charge is -2.31. The van der Waals surface area contributed by atoms with Crippen molar-refractivity contribution in [3.05, 3.63) is 41.8 Å². The maximum absolute atomic E-state index is 12.9. The third-order valence-electron chi connectivity index (χ3n) is 4.23. The summed E-state index contributed by atoms with van der Waals surface area (Å²) in [4.78, 5) is 18.5. The summed E-state index contributed by atoms with van der Waals surface area (Å²) in [5.74, 6) is 1.11. The summed E-state index contributed by atoms with van der Waals surface area (Å²) in [5.41, 5.74) is 0. The van der Waals surface area contributed by atoms with Gasteiger partial charge in [-0.25, -0.2) is 4.39 Å². The van der Waals surface area contributed by atoms with Crippen LogP contribution >= 0.6 is 0 Å². The molecule has 0 aliphatic carbocycles. The Bertz CT molecular complexity index is 719. The van der Waals surface area contributed by atoms with Crippen LogP contribution in [0.2, 0.25) is 0 Å². The molecule has 8 heteroatoms. The molecular weight excluding hydrogens is 341 g/mol. The highest BCUT2D eigenvalue weighted by Crippen LogP contribution is 2.25. The van der Waals surface area contributed by atoms with Crippen molar-refractivity contribution in [1.82, 2.24) is 15.0 Å². The van der Waals surface area contributed by atoms with Crippen LogP contribution in [0.25, 0.3) is 0 Å². The average Bonchev–Trinajstić information content (AvgIpc) is 3.15. The minimum Gasteiger partial charge on any atom is -0.484 e. The van der Waals surface area contributed by atoms with E-state index in [1.54, 1.807) is 4.90 Å². The van der Waals surface area contributed by atoms with E-state index in [0.717, 1.165) is 12.8 Å². The maximum atomic E-state index is 12.9. The first-order valence-corrected chi connectivity index (χ1v) is 8.72. The molecule has 7 nitrogen and oxygen atoms in total. The van der Waals surface area contributed by atoms with Crippen LogP contribution in [0.5, 0.6) is 5.75 Å². The molecule has 1 aliphatic heterocycles. The number of carbonyl (C=O) groups excluding carboxylic acids is 1. The summed E-state index contributed by atoms with van der Waals surface area (Å²) < 4.78 is 28.8. The fourth-order valence-corrected chi connectivity index (χ4v) is 2.86. The van der Waals surface area contributed by atoms with Gasteiger partial charge >= 0.3 is 0 Å². The quantitative estimate of drug-likeness (QED) is 0.752. The Morgan fingerprint density at radius 1 is 1.38 bits per heavy atom. The average molecular weight is 363 g/mol. The monoisotopic (exact) mass is 363 g/mol. The van der Waals surface area contributed by atoms with Gasteiger partial charge in [-0.1, -0.05) is 5.16 Å². The number of rotatable bonds is 7. The molecule has 1 aromatic heterocycles. The van der Waals surface area contributed by atoms with E-state index in [0.29, 0.717) is 43.8 Å². The molecule has 1 atom stereocenters. The Morgan fingerprint density at radius 3 is 2.96 bits per heavy atom. The highest BCUT2D eigenvalue weighted by atomic mass is 19.1. The molecule has 1 aliphatic rings. The molecule has 2 aromatic rings. The van der Waals surface area contributed by atoms with Crippen molar-refractivity contribution in [2.24, 2.45) is 0 Å². The number of carbonyl (C=O) groups is 1. The van der Waals surface area contributed by atoms with Gasteiger partial charge in [0.05, 0.1) is 0 Å². The summed E-state index contributed by atoms with van der Waals surface area (Å²) in [6.45, 7) is 3.89. The molecule has 26 heavy (non-hydrogen) atoms. The van der Waals surface area contributed by atoms with Crippen molar-refractivity contribution in [3.63, 3.8) is 0 Å². The molecule has 1 unspecified atom stereocenters. The number of nitrogens with zero attached hydrogens (tertiary/aromatic N) is 3. The van der Waals surface area contributed by atoms with Gasteiger partial charge in [0.1, 0.15) is 18.2 Å². The van der Waals surface area contributed by atoms with E-state index in [1.807, 2.05) is 6.92 Å². The summed E-state index contributed by atoms with van der Waals surface area (Å²) >= 11 is 0. The second kappa shape index (κ2) is 8.75. The summed E-state index contributed by atoms with van der Waals surface area (Å²) in [5, 5.41) is 4.02. The zero-order chi connectivity index (χ0) is 18.4. The third kappa shape index (κ3) is 4.78. The summed E-state index contributed by atoms with van der Waals surface area (Å²) in [6.07, 6.45) is 1.76. The van der Waals surface area contributed by atoms with Gasteiger partial charge in [0.25, 0.3) is 11.8 Å². The molecule has 140 valence electrons. The number of hydrogen-bond acceptors (Lipinski definition) is 6. The van der Waals surface area contributed by atoms with E-state index in [-0.39, 0.29) is 24.2 Å². The topological polar surface area (TPSA) is 77.7 Å². The van der Waals surface area contributed by atoms with Crippen LogP contribution in [0, 0.1) is 5.82 Å². The first-order chi connectivity index (χ1) is 12.7. The predicted molar refractivity (Wildman–Crippen MR) is 90.1 cm³/mol. The minimum atomic E-state index is -0.341. The lowest BCUT2D eigenvalue weighted by atomic mass is 9.97. The van der Waals surface area contributed by atoms with E-state index in [1.165, 1.54) is 24.3 Å². The van der Waals surface area contributed by atoms with Gasteiger partial charge in [-0.15, -0.1) is 0 Å². The van der Waals surface area contributed by atoms with Crippen LogP contribution in [0.4, 0.5) is 4.39 Å². The number of hydrogen-bond donors (Lipinski definition) is 0. The molecule has 3 rings (SSSR count). The van der Waals surface area contributed by atoms with Crippen molar-refractivity contribution in [1.29, 1.82) is 0 Å². The van der Waals surface area contributed by atoms with Gasteiger partial charge < -0.3 is 18.9 Å². The molecule has 0 saturated carbocycles. The first-order valence-electron chi connectivity index (χ1n) is 8.72. The normalized spacial score (nSPS) is 17.3. The van der Waals surface area contributed by atoms with Gasteiger partial charge in [-0.2, -0.15) is 4.98 Å². The molecule has 0 N–H and O–H groups in total. The van der Waals surface area contributed by atoms with Gasteiger partial charge in [-0.05, 0) is 44.0 Å². The lowest BCUT2D eigenvalue weighted by Crippen LogP contribution is -2.41. The molecular formula is C18H22FN3O4. The third-order valence-corrected chi connectivity index (χ3v) is 4.23. The Kier molecular flexibility index (Phi) is 6.17. The largest absolute Gasteiger partial charge is 0.484 e. The first kappa shape index (κ1) is 18.3. The number of halogens is 1. The Labute approximate surface area is 151 Å². The van der Waals surface area contributed by atoms with E-state index in [2.05, 4.69) is 10.1 Å². The minimum absolute atomic E-state index is 0.0395. The van der Waals surface area contributed by atoms with Crippen LogP contribution in [0.3, 0.4) is 0 Å². The summed E-state index contributed by atoms with van der Waals surface area (Å²) in [7, 11) is 0. The van der Waals surface area contributed by atoms with E-state index in [9.17, 15) is 9.18 Å². The van der Waals surface area contributed by atoms with Crippen LogP contribution < -0.4 is 4.74 Å². The molecule has 1 saturated heterocycles. The molecule has 0 bridgehead atoms. The Hall–Kier alpha value is -2.48. The van der Waals surface area contributed by atoms with Gasteiger partial charge in [0, 0.05) is 25.6 Å². The number of amides is 1. The number of likely N-dealkylation sites (tertiary alicyclic amines) is 1. The molecule has 1 aromatic carbocycles. The zero-order valence-electron chi connectivity index (χ0n) is 14.7. The highest BCUT2D eigenvalue weighted by Gasteiger charge is 2.28. The Balaban J connectivity index is 1.53. The standard InChI is InChI=1S/C18H22FN3O4/c1-2-24-11-16-20-18(21-26-16)13-4-3-9-22(10-13)17(23)12-25-15-7-5-14(19)6-8-15/h5-8,13H,2-4,9-12H2,1H3. The molecule has 1 fully saturated rings. The Morgan fingerprint density at radius 2 is 2.19 bits per heavy atom. The second-order valence-corrected chi connectivity index (χ2v) is 6.10. The van der Waals surface area contributed by atoms with E-state index in [4.69, 9.17) is 14.0 Å². The summed E-state index contributed by atoms with van der Waals surface area (Å²) in [6, 6.07) is 5.60. The number of aromatic nitrogens is 2. The zero-order valence-corrected chi connectivity index (χ0v) is 14.7. The van der Waals surface area contributed by atoms with Gasteiger partial charge in [0.2, 0.25) is 0 Å². The number of ether oxygens (including phenoxy) is 2. The van der Waals surface area contributed by atoms with E-state index < -0.39 is 0 Å². The number of piperidine rings is 1. The van der Waals surface area contributed by atoms with Crippen molar-refractivity contribution >= 4 is 5.91 Å². The van der Waals surface area contributed by atoms with Gasteiger partial charge in [0.15, 0.2) is 12.4 Å². The van der Waals surface area contributed by atoms with Crippen LogP contribution in [-0.4, -0.2) is 47.3 Å². The van der Waals surface area contributed by atoms with Crippen LogP contribution in [-0.2, 0) is 16.1 Å².